The zero-order valence-electron chi connectivity index (χ0n) is 22.0. The predicted molar refractivity (Wildman–Crippen MR) is 154 cm³/mol. The summed E-state index contributed by atoms with van der Waals surface area (Å²) in [6, 6.07) is 16.3. The molecule has 1 atom stereocenters. The lowest BCUT2D eigenvalue weighted by atomic mass is 9.93. The average Bonchev–Trinajstić information content (AvgIpc) is 3.33. The van der Waals surface area contributed by atoms with Gasteiger partial charge in [0.05, 0.1) is 28.8 Å². The maximum Gasteiger partial charge on any atom is 0.255 e. The Morgan fingerprint density at radius 2 is 1.85 bits per heavy atom. The summed E-state index contributed by atoms with van der Waals surface area (Å²) in [7, 11) is 1.55. The number of aliphatic hydroxyl groups excluding tert-OH is 1. The van der Waals surface area contributed by atoms with Crippen molar-refractivity contribution in [1.29, 1.82) is 0 Å². The van der Waals surface area contributed by atoms with Crippen LogP contribution in [0.5, 0.6) is 5.75 Å². The lowest BCUT2D eigenvalue weighted by Gasteiger charge is -2.30. The van der Waals surface area contributed by atoms with E-state index in [1.54, 1.807) is 31.3 Å². The summed E-state index contributed by atoms with van der Waals surface area (Å²) < 4.78 is 6.24. The van der Waals surface area contributed by atoms with Gasteiger partial charge in [0.25, 0.3) is 11.8 Å². The van der Waals surface area contributed by atoms with E-state index in [0.29, 0.717) is 28.3 Å². The van der Waals surface area contributed by atoms with Crippen LogP contribution < -0.4 is 15.4 Å². The summed E-state index contributed by atoms with van der Waals surface area (Å²) >= 11 is 6.42. The van der Waals surface area contributed by atoms with Gasteiger partial charge in [-0.1, -0.05) is 41.9 Å². The van der Waals surface area contributed by atoms with Crippen molar-refractivity contribution in [2.45, 2.75) is 31.9 Å². The molecule has 3 aromatic carbocycles. The minimum absolute atomic E-state index is 0.226. The van der Waals surface area contributed by atoms with Crippen LogP contribution in [0.3, 0.4) is 0 Å². The summed E-state index contributed by atoms with van der Waals surface area (Å²) in [5.41, 5.74) is 4.38. The van der Waals surface area contributed by atoms with Crippen molar-refractivity contribution in [3.63, 3.8) is 0 Å². The Morgan fingerprint density at radius 3 is 2.59 bits per heavy atom. The number of halogens is 1. The number of carbonyl (C=O) groups excluding carboxylic acids is 2. The number of fused-ring (bicyclic) bond motifs is 2. The fourth-order valence-electron chi connectivity index (χ4n) is 4.82. The standard InChI is InChI=1S/C31H30ClN3O4/c1-31(2)11-10-19-12-20(18-8-9-24(26(32)15-18)29(37)33-3)14-25(28(19)39-31)30(38)35-22(17-36)13-21-16-34-27-7-5-4-6-23(21)27/h4-12,14-16,22,34,36H,13,17H2,1-3H3,(H,33,37)(H,35,38)/t22-/m1/s1. The molecule has 0 saturated heterocycles. The average molecular weight is 544 g/mol. The molecule has 0 bridgehead atoms. The first-order chi connectivity index (χ1) is 18.7. The molecule has 2 amide bonds. The third kappa shape index (κ3) is 5.41. The molecule has 0 spiro atoms. The second-order valence-corrected chi connectivity index (χ2v) is 10.6. The van der Waals surface area contributed by atoms with Crippen LogP contribution in [-0.2, 0) is 6.42 Å². The Bertz CT molecular complexity index is 1600. The maximum absolute atomic E-state index is 13.7. The number of aromatic amines is 1. The second-order valence-electron chi connectivity index (χ2n) is 10.2. The van der Waals surface area contributed by atoms with Crippen LogP contribution in [0.1, 0.15) is 45.7 Å². The van der Waals surface area contributed by atoms with Gasteiger partial charge in [-0.25, -0.2) is 0 Å². The van der Waals surface area contributed by atoms with E-state index in [1.807, 2.05) is 62.5 Å². The number of hydrogen-bond donors (Lipinski definition) is 4. The second kappa shape index (κ2) is 10.6. The molecule has 39 heavy (non-hydrogen) atoms. The Balaban J connectivity index is 1.49. The molecule has 1 aliphatic heterocycles. The SMILES string of the molecule is CNC(=O)c1ccc(-c2cc3c(c(C(=O)N[C@@H](CO)Cc4c[nH]c5ccccc45)c2)OC(C)(C)C=C3)cc1Cl. The van der Waals surface area contributed by atoms with Gasteiger partial charge in [-0.3, -0.25) is 9.59 Å². The number of rotatable bonds is 7. The lowest BCUT2D eigenvalue weighted by Crippen LogP contribution is -2.40. The highest BCUT2D eigenvalue weighted by Crippen LogP contribution is 2.38. The highest BCUT2D eigenvalue weighted by Gasteiger charge is 2.28. The van der Waals surface area contributed by atoms with Crippen LogP contribution in [-0.4, -0.2) is 47.2 Å². The van der Waals surface area contributed by atoms with Gasteiger partial charge < -0.3 is 25.5 Å². The fourth-order valence-corrected chi connectivity index (χ4v) is 5.08. The first-order valence-corrected chi connectivity index (χ1v) is 13.1. The Hall–Kier alpha value is -4.07. The normalized spacial score (nSPS) is 14.4. The van der Waals surface area contributed by atoms with Gasteiger partial charge in [-0.15, -0.1) is 0 Å². The predicted octanol–water partition coefficient (Wildman–Crippen LogP) is 5.37. The van der Waals surface area contributed by atoms with Crippen molar-refractivity contribution < 1.29 is 19.4 Å². The molecule has 2 heterocycles. The summed E-state index contributed by atoms with van der Waals surface area (Å²) in [5, 5.41) is 17.1. The number of hydrogen-bond acceptors (Lipinski definition) is 4. The van der Waals surface area contributed by atoms with Crippen LogP contribution in [0.15, 0.2) is 66.9 Å². The minimum atomic E-state index is -0.595. The molecular formula is C31H30ClN3O4. The molecule has 0 aliphatic carbocycles. The van der Waals surface area contributed by atoms with Crippen molar-refractivity contribution in [3.8, 4) is 16.9 Å². The van der Waals surface area contributed by atoms with Crippen LogP contribution >= 0.6 is 11.6 Å². The van der Waals surface area contributed by atoms with Crippen LogP contribution in [0.4, 0.5) is 0 Å². The number of para-hydroxylation sites is 1. The van der Waals surface area contributed by atoms with Gasteiger partial charge in [-0.2, -0.15) is 0 Å². The highest BCUT2D eigenvalue weighted by atomic mass is 35.5. The van der Waals surface area contributed by atoms with E-state index in [0.717, 1.165) is 33.2 Å². The van der Waals surface area contributed by atoms with E-state index in [2.05, 4.69) is 15.6 Å². The zero-order chi connectivity index (χ0) is 27.7. The smallest absolute Gasteiger partial charge is 0.255 e. The van der Waals surface area contributed by atoms with Crippen LogP contribution in [0.2, 0.25) is 5.02 Å². The van der Waals surface area contributed by atoms with Crippen LogP contribution in [0, 0.1) is 0 Å². The van der Waals surface area contributed by atoms with Crippen molar-refractivity contribution in [2.75, 3.05) is 13.7 Å². The third-order valence-corrected chi connectivity index (χ3v) is 7.18. The maximum atomic E-state index is 13.7. The molecule has 0 radical (unpaired) electrons. The molecular weight excluding hydrogens is 514 g/mol. The van der Waals surface area contributed by atoms with Crippen LogP contribution in [0.25, 0.3) is 28.1 Å². The molecule has 4 N–H and O–H groups in total. The van der Waals surface area contributed by atoms with Gasteiger partial charge >= 0.3 is 0 Å². The van der Waals surface area contributed by atoms with E-state index in [9.17, 15) is 14.7 Å². The minimum Gasteiger partial charge on any atom is -0.482 e. The van der Waals surface area contributed by atoms with Crippen molar-refractivity contribution in [1.82, 2.24) is 15.6 Å². The van der Waals surface area contributed by atoms with E-state index in [1.165, 1.54) is 0 Å². The van der Waals surface area contributed by atoms with Gasteiger partial charge in [0.15, 0.2) is 0 Å². The summed E-state index contributed by atoms with van der Waals surface area (Å²) in [6.45, 7) is 3.62. The van der Waals surface area contributed by atoms with E-state index < -0.39 is 11.6 Å². The number of aliphatic hydroxyl groups is 1. The molecule has 8 heteroatoms. The zero-order valence-corrected chi connectivity index (χ0v) is 22.7. The number of nitrogens with one attached hydrogen (secondary N) is 3. The van der Waals surface area contributed by atoms with Crippen molar-refractivity contribution >= 4 is 40.4 Å². The fraction of sp³-hybridized carbons (Fsp3) is 0.226. The van der Waals surface area contributed by atoms with E-state index in [4.69, 9.17) is 16.3 Å². The van der Waals surface area contributed by atoms with Gasteiger partial charge in [0, 0.05) is 29.7 Å². The molecule has 5 rings (SSSR count). The molecule has 1 aromatic heterocycles. The third-order valence-electron chi connectivity index (χ3n) is 6.86. The molecule has 200 valence electrons. The molecule has 7 nitrogen and oxygen atoms in total. The lowest BCUT2D eigenvalue weighted by molar-refractivity contribution is 0.0903. The summed E-state index contributed by atoms with van der Waals surface area (Å²) in [5.74, 6) is -0.160. The summed E-state index contributed by atoms with van der Waals surface area (Å²) in [6.07, 6.45) is 6.24. The molecule has 0 unspecified atom stereocenters. The molecule has 1 aliphatic rings. The number of H-pyrrole nitrogens is 1. The monoisotopic (exact) mass is 543 g/mol. The highest BCUT2D eigenvalue weighted by molar-refractivity contribution is 6.34. The Kier molecular flexibility index (Phi) is 7.21. The Morgan fingerprint density at radius 1 is 1.05 bits per heavy atom. The van der Waals surface area contributed by atoms with E-state index >= 15 is 0 Å². The largest absolute Gasteiger partial charge is 0.482 e. The van der Waals surface area contributed by atoms with Crippen molar-refractivity contribution in [3.05, 3.63) is 94.1 Å². The van der Waals surface area contributed by atoms with Crippen molar-refractivity contribution in [2.24, 2.45) is 0 Å². The molecule has 4 aromatic rings. The van der Waals surface area contributed by atoms with Gasteiger partial charge in [0.1, 0.15) is 11.4 Å². The number of ether oxygens (including phenoxy) is 1. The topological polar surface area (TPSA) is 103 Å². The number of carbonyl (C=O) groups is 2. The molecule has 0 saturated carbocycles. The van der Waals surface area contributed by atoms with Gasteiger partial charge in [0.2, 0.25) is 0 Å². The Labute approximate surface area is 231 Å². The first kappa shape index (κ1) is 26.5. The van der Waals surface area contributed by atoms with Gasteiger partial charge in [-0.05, 0) is 73.4 Å². The quantitative estimate of drug-likeness (QED) is 0.252. The first-order valence-electron chi connectivity index (χ1n) is 12.7. The number of amides is 2. The van der Waals surface area contributed by atoms with E-state index in [-0.39, 0.29) is 18.4 Å². The molecule has 0 fully saturated rings. The summed E-state index contributed by atoms with van der Waals surface area (Å²) in [4.78, 5) is 29.0. The number of benzene rings is 3. The number of aromatic nitrogens is 1.